The molecule has 0 aliphatic heterocycles. The molecule has 0 fully saturated rings. The lowest BCUT2D eigenvalue weighted by molar-refractivity contribution is -0.385. The van der Waals surface area contributed by atoms with Gasteiger partial charge in [0.25, 0.3) is 5.69 Å². The highest BCUT2D eigenvalue weighted by atomic mass is 79.9. The summed E-state index contributed by atoms with van der Waals surface area (Å²) < 4.78 is 0.840. The fraction of sp³-hybridized carbons (Fsp3) is 0. The van der Waals surface area contributed by atoms with Crippen molar-refractivity contribution in [2.45, 2.75) is 0 Å². The van der Waals surface area contributed by atoms with Gasteiger partial charge in [-0.2, -0.15) is 5.26 Å². The second-order valence-electron chi connectivity index (χ2n) is 3.85. The van der Waals surface area contributed by atoms with Crippen LogP contribution in [-0.4, -0.2) is 4.92 Å². The van der Waals surface area contributed by atoms with Crippen molar-refractivity contribution in [2.24, 2.45) is 0 Å². The molecular weight excluding hydrogens is 346 g/mol. The highest BCUT2D eigenvalue weighted by Gasteiger charge is 2.14. The monoisotopic (exact) mass is 351 g/mol. The molecule has 0 unspecified atom stereocenters. The van der Waals surface area contributed by atoms with Crippen molar-refractivity contribution in [1.82, 2.24) is 0 Å². The first kappa shape index (κ1) is 14.3. The van der Waals surface area contributed by atoms with Crippen molar-refractivity contribution >= 4 is 44.6 Å². The molecule has 1 N–H and O–H groups in total. The van der Waals surface area contributed by atoms with Gasteiger partial charge in [-0.25, -0.2) is 0 Å². The minimum Gasteiger partial charge on any atom is -0.354 e. The summed E-state index contributed by atoms with van der Waals surface area (Å²) in [5.74, 6) is 0. The molecule has 2 aromatic rings. The van der Waals surface area contributed by atoms with Crippen LogP contribution < -0.4 is 5.32 Å². The van der Waals surface area contributed by atoms with Crippen molar-refractivity contribution < 1.29 is 4.92 Å². The van der Waals surface area contributed by atoms with Gasteiger partial charge in [-0.3, -0.25) is 10.1 Å². The summed E-state index contributed by atoms with van der Waals surface area (Å²) in [6.45, 7) is 0. The highest BCUT2D eigenvalue weighted by Crippen LogP contribution is 2.30. The number of rotatable bonds is 3. The molecule has 5 nitrogen and oxygen atoms in total. The first-order valence-electron chi connectivity index (χ1n) is 5.42. The maximum absolute atomic E-state index is 10.8. The zero-order valence-corrected chi connectivity index (χ0v) is 12.3. The summed E-state index contributed by atoms with van der Waals surface area (Å²) in [5, 5.41) is 23.2. The Morgan fingerprint density at radius 2 is 2.05 bits per heavy atom. The number of nitrogens with zero attached hydrogens (tertiary/aromatic N) is 2. The molecule has 0 spiro atoms. The Morgan fingerprint density at radius 1 is 1.30 bits per heavy atom. The quantitative estimate of drug-likeness (QED) is 0.645. The Bertz CT molecular complexity index is 728. The molecule has 2 aromatic carbocycles. The predicted octanol–water partition coefficient (Wildman–Crippen LogP) is 4.63. The number of nitro benzene ring substituents is 1. The second kappa shape index (κ2) is 5.90. The van der Waals surface area contributed by atoms with Gasteiger partial charge in [0, 0.05) is 16.2 Å². The van der Waals surface area contributed by atoms with E-state index in [1.807, 2.05) is 0 Å². The summed E-state index contributed by atoms with van der Waals surface area (Å²) >= 11 is 9.37. The molecule has 0 aliphatic rings. The van der Waals surface area contributed by atoms with Crippen LogP contribution >= 0.6 is 27.5 Å². The van der Waals surface area contributed by atoms with Crippen LogP contribution in [0.2, 0.25) is 5.02 Å². The summed E-state index contributed by atoms with van der Waals surface area (Å²) in [4.78, 5) is 10.2. The van der Waals surface area contributed by atoms with Crippen LogP contribution in [0.5, 0.6) is 0 Å². The first-order valence-corrected chi connectivity index (χ1v) is 6.59. The number of anilines is 2. The maximum atomic E-state index is 10.8. The van der Waals surface area contributed by atoms with Gasteiger partial charge in [0.1, 0.15) is 11.6 Å². The first-order chi connectivity index (χ1) is 9.51. The van der Waals surface area contributed by atoms with E-state index in [1.165, 1.54) is 18.2 Å². The molecule has 0 amide bonds. The zero-order chi connectivity index (χ0) is 14.7. The van der Waals surface area contributed by atoms with Gasteiger partial charge in [0.15, 0.2) is 0 Å². The third kappa shape index (κ3) is 3.07. The van der Waals surface area contributed by atoms with E-state index in [1.54, 1.807) is 24.3 Å². The van der Waals surface area contributed by atoms with E-state index < -0.39 is 4.92 Å². The lowest BCUT2D eigenvalue weighted by Crippen LogP contribution is -1.96. The SMILES string of the molecule is N#Cc1cc(Nc2cc(Br)ccc2Cl)ccc1[N+](=O)[O-]. The van der Waals surface area contributed by atoms with E-state index in [0.717, 1.165) is 4.47 Å². The summed E-state index contributed by atoms with van der Waals surface area (Å²) in [7, 11) is 0. The van der Waals surface area contributed by atoms with Gasteiger partial charge in [0.05, 0.1) is 15.6 Å². The Kier molecular flexibility index (Phi) is 4.23. The molecule has 0 aromatic heterocycles. The average molecular weight is 353 g/mol. The molecule has 100 valence electrons. The number of hydrogen-bond acceptors (Lipinski definition) is 4. The van der Waals surface area contributed by atoms with Crippen LogP contribution in [0.4, 0.5) is 17.1 Å². The van der Waals surface area contributed by atoms with Crippen LogP contribution in [0.15, 0.2) is 40.9 Å². The van der Waals surface area contributed by atoms with E-state index in [4.69, 9.17) is 16.9 Å². The number of halogens is 2. The number of benzene rings is 2. The Labute approximate surface area is 128 Å². The molecule has 0 aliphatic carbocycles. The van der Waals surface area contributed by atoms with Gasteiger partial charge in [-0.1, -0.05) is 27.5 Å². The molecular formula is C13H7BrClN3O2. The van der Waals surface area contributed by atoms with E-state index in [2.05, 4.69) is 21.2 Å². The standard InChI is InChI=1S/C13H7BrClN3O2/c14-9-1-3-11(15)12(6-9)17-10-2-4-13(18(19)20)8(5-10)7-16/h1-6,17H. The highest BCUT2D eigenvalue weighted by molar-refractivity contribution is 9.10. The number of nitriles is 1. The van der Waals surface area contributed by atoms with Crippen molar-refractivity contribution in [1.29, 1.82) is 5.26 Å². The molecule has 7 heteroatoms. The topological polar surface area (TPSA) is 79.0 Å². The van der Waals surface area contributed by atoms with Crippen LogP contribution in [0.25, 0.3) is 0 Å². The van der Waals surface area contributed by atoms with E-state index >= 15 is 0 Å². The number of nitro groups is 1. The molecule has 0 radical (unpaired) electrons. The average Bonchev–Trinajstić information content (AvgIpc) is 2.42. The molecule has 20 heavy (non-hydrogen) atoms. The molecule has 0 saturated heterocycles. The Balaban J connectivity index is 2.38. The fourth-order valence-corrected chi connectivity index (χ4v) is 2.14. The normalized spacial score (nSPS) is 9.85. The van der Waals surface area contributed by atoms with Gasteiger partial charge >= 0.3 is 0 Å². The van der Waals surface area contributed by atoms with Crippen molar-refractivity contribution in [3.05, 3.63) is 61.6 Å². The molecule has 0 heterocycles. The molecule has 0 saturated carbocycles. The fourth-order valence-electron chi connectivity index (χ4n) is 1.61. The summed E-state index contributed by atoms with van der Waals surface area (Å²) in [6, 6.07) is 11.3. The molecule has 0 bridgehead atoms. The van der Waals surface area contributed by atoms with Crippen molar-refractivity contribution in [3.8, 4) is 6.07 Å². The van der Waals surface area contributed by atoms with Crippen LogP contribution in [0.3, 0.4) is 0 Å². The smallest absolute Gasteiger partial charge is 0.287 e. The van der Waals surface area contributed by atoms with Gasteiger partial charge in [-0.15, -0.1) is 0 Å². The van der Waals surface area contributed by atoms with Crippen LogP contribution in [-0.2, 0) is 0 Å². The van der Waals surface area contributed by atoms with Gasteiger partial charge in [-0.05, 0) is 30.3 Å². The van der Waals surface area contributed by atoms with Gasteiger partial charge in [0.2, 0.25) is 0 Å². The Morgan fingerprint density at radius 3 is 2.70 bits per heavy atom. The van der Waals surface area contributed by atoms with Crippen molar-refractivity contribution in [3.63, 3.8) is 0 Å². The Hall–Kier alpha value is -2.10. The van der Waals surface area contributed by atoms with E-state index in [0.29, 0.717) is 16.4 Å². The van der Waals surface area contributed by atoms with E-state index in [-0.39, 0.29) is 11.3 Å². The minimum atomic E-state index is -0.589. The molecule has 0 atom stereocenters. The summed E-state index contributed by atoms with van der Waals surface area (Å²) in [6.07, 6.45) is 0. The summed E-state index contributed by atoms with van der Waals surface area (Å²) in [5.41, 5.74) is 0.954. The van der Waals surface area contributed by atoms with E-state index in [9.17, 15) is 10.1 Å². The largest absolute Gasteiger partial charge is 0.354 e. The lowest BCUT2D eigenvalue weighted by atomic mass is 10.1. The third-order valence-corrected chi connectivity index (χ3v) is 3.34. The predicted molar refractivity (Wildman–Crippen MR) is 80.2 cm³/mol. The van der Waals surface area contributed by atoms with Crippen LogP contribution in [0, 0.1) is 21.4 Å². The zero-order valence-electron chi connectivity index (χ0n) is 9.93. The lowest BCUT2D eigenvalue weighted by Gasteiger charge is -2.09. The molecule has 2 rings (SSSR count). The van der Waals surface area contributed by atoms with Crippen molar-refractivity contribution in [2.75, 3.05) is 5.32 Å². The second-order valence-corrected chi connectivity index (χ2v) is 5.17. The van der Waals surface area contributed by atoms with Crippen LogP contribution in [0.1, 0.15) is 5.56 Å². The number of nitrogens with one attached hydrogen (secondary N) is 1. The minimum absolute atomic E-state index is 0.00822. The third-order valence-electron chi connectivity index (χ3n) is 2.52. The van der Waals surface area contributed by atoms with Gasteiger partial charge < -0.3 is 5.32 Å². The maximum Gasteiger partial charge on any atom is 0.287 e. The number of hydrogen-bond donors (Lipinski definition) is 1.